The van der Waals surface area contributed by atoms with Gasteiger partial charge in [0.15, 0.2) is 11.5 Å². The summed E-state index contributed by atoms with van der Waals surface area (Å²) in [6.45, 7) is 1.83. The second-order valence-electron chi connectivity index (χ2n) is 5.55. The average Bonchev–Trinajstić information content (AvgIpc) is 2.86. The van der Waals surface area contributed by atoms with Crippen molar-refractivity contribution >= 4 is 28.5 Å². The van der Waals surface area contributed by atoms with Crippen molar-refractivity contribution in [2.24, 2.45) is 0 Å². The molecule has 5 nitrogen and oxygen atoms in total. The Morgan fingerprint density at radius 1 is 1.08 bits per heavy atom. The highest BCUT2D eigenvalue weighted by Gasteiger charge is 2.15. The van der Waals surface area contributed by atoms with E-state index in [-0.39, 0.29) is 0 Å². The van der Waals surface area contributed by atoms with Crippen molar-refractivity contribution in [1.29, 1.82) is 0 Å². The first-order valence-electron chi connectivity index (χ1n) is 7.83. The first kappa shape index (κ1) is 15.0. The molecule has 6 heteroatoms. The number of halogens is 1. The number of fused-ring (bicyclic) bond motifs is 2. The smallest absolute Gasteiger partial charge is 0.179 e. The van der Waals surface area contributed by atoms with Gasteiger partial charge in [-0.3, -0.25) is 4.98 Å². The number of hydrogen-bond acceptors (Lipinski definition) is 5. The van der Waals surface area contributed by atoms with Crippen LogP contribution in [-0.4, -0.2) is 23.2 Å². The zero-order valence-electron chi connectivity index (χ0n) is 13.0. The lowest BCUT2D eigenvalue weighted by Gasteiger charge is -2.12. The summed E-state index contributed by atoms with van der Waals surface area (Å²) in [6, 6.07) is 11.6. The van der Waals surface area contributed by atoms with E-state index < -0.39 is 0 Å². The van der Waals surface area contributed by atoms with Crippen LogP contribution in [0.3, 0.4) is 0 Å². The number of nitrogens with zero attached hydrogens (tertiary/aromatic N) is 2. The highest BCUT2D eigenvalue weighted by molar-refractivity contribution is 6.32. The van der Waals surface area contributed by atoms with E-state index >= 15 is 0 Å². The minimum absolute atomic E-state index is 0.566. The van der Waals surface area contributed by atoms with Gasteiger partial charge in [0, 0.05) is 13.0 Å². The Morgan fingerprint density at radius 3 is 2.83 bits per heavy atom. The van der Waals surface area contributed by atoms with E-state index in [0.29, 0.717) is 36.3 Å². The predicted molar refractivity (Wildman–Crippen MR) is 93.9 cm³/mol. The van der Waals surface area contributed by atoms with Crippen molar-refractivity contribution in [3.8, 4) is 11.5 Å². The maximum absolute atomic E-state index is 6.32. The van der Waals surface area contributed by atoms with Crippen LogP contribution in [0.2, 0.25) is 5.02 Å². The zero-order valence-corrected chi connectivity index (χ0v) is 13.7. The van der Waals surface area contributed by atoms with Gasteiger partial charge in [-0.2, -0.15) is 0 Å². The molecule has 4 rings (SSSR count). The normalized spacial score (nSPS) is 13.5. The summed E-state index contributed by atoms with van der Waals surface area (Å²) in [5, 5.41) is 3.84. The molecule has 0 bridgehead atoms. The van der Waals surface area contributed by atoms with Gasteiger partial charge in [-0.05, 0) is 29.8 Å². The van der Waals surface area contributed by atoms with Crippen molar-refractivity contribution in [2.75, 3.05) is 18.5 Å². The third kappa shape index (κ3) is 3.08. The van der Waals surface area contributed by atoms with Crippen LogP contribution < -0.4 is 14.8 Å². The minimum atomic E-state index is 0.566. The Balaban J connectivity index is 1.54. The topological polar surface area (TPSA) is 56.3 Å². The standard InChI is InChI=1S/C18H16ClN3O2/c19-13-8-12(9-16-18(13)24-7-3-6-23-16)10-21-17-11-20-14-4-1-2-5-15(14)22-17/h1-2,4-5,8-9,11H,3,6-7,10H2,(H,21,22). The molecule has 0 saturated carbocycles. The maximum Gasteiger partial charge on any atom is 0.179 e. The van der Waals surface area contributed by atoms with Gasteiger partial charge in [-0.15, -0.1) is 0 Å². The highest BCUT2D eigenvalue weighted by atomic mass is 35.5. The monoisotopic (exact) mass is 341 g/mol. The average molecular weight is 342 g/mol. The van der Waals surface area contributed by atoms with E-state index in [1.54, 1.807) is 6.20 Å². The van der Waals surface area contributed by atoms with Crippen molar-refractivity contribution < 1.29 is 9.47 Å². The van der Waals surface area contributed by atoms with Crippen LogP contribution >= 0.6 is 11.6 Å². The number of aromatic nitrogens is 2. The summed E-state index contributed by atoms with van der Waals surface area (Å²) in [5.41, 5.74) is 2.74. The molecular weight excluding hydrogens is 326 g/mol. The first-order chi connectivity index (χ1) is 11.8. The third-order valence-corrected chi connectivity index (χ3v) is 4.06. The molecule has 0 aliphatic carbocycles. The lowest BCUT2D eigenvalue weighted by Crippen LogP contribution is -2.03. The van der Waals surface area contributed by atoms with Crippen molar-refractivity contribution in [2.45, 2.75) is 13.0 Å². The molecule has 0 atom stereocenters. The number of para-hydroxylation sites is 2. The lowest BCUT2D eigenvalue weighted by molar-refractivity contribution is 0.297. The van der Waals surface area contributed by atoms with Crippen LogP contribution in [0.25, 0.3) is 11.0 Å². The summed E-state index contributed by atoms with van der Waals surface area (Å²) in [6.07, 6.45) is 2.58. The largest absolute Gasteiger partial charge is 0.489 e. The Labute approximate surface area is 144 Å². The quantitative estimate of drug-likeness (QED) is 0.778. The summed E-state index contributed by atoms with van der Waals surface area (Å²) >= 11 is 6.32. The molecule has 1 aliphatic rings. The molecule has 2 aromatic carbocycles. The molecular formula is C18H16ClN3O2. The molecule has 24 heavy (non-hydrogen) atoms. The Kier molecular flexibility index (Phi) is 4.09. The van der Waals surface area contributed by atoms with E-state index in [9.17, 15) is 0 Å². The summed E-state index contributed by atoms with van der Waals surface area (Å²) < 4.78 is 11.4. The van der Waals surface area contributed by atoms with Crippen molar-refractivity contribution in [3.63, 3.8) is 0 Å². The number of nitrogens with one attached hydrogen (secondary N) is 1. The molecule has 0 fully saturated rings. The van der Waals surface area contributed by atoms with Gasteiger partial charge in [0.1, 0.15) is 5.82 Å². The van der Waals surface area contributed by atoms with E-state index in [1.807, 2.05) is 36.4 Å². The molecule has 0 unspecified atom stereocenters. The number of rotatable bonds is 3. The van der Waals surface area contributed by atoms with Gasteiger partial charge in [0.05, 0.1) is 35.5 Å². The molecule has 122 valence electrons. The summed E-state index contributed by atoms with van der Waals surface area (Å²) in [7, 11) is 0. The fourth-order valence-electron chi connectivity index (χ4n) is 2.62. The number of ether oxygens (including phenoxy) is 2. The SMILES string of the molecule is Clc1cc(CNc2cnc3ccccc3n2)cc2c1OCCCO2. The lowest BCUT2D eigenvalue weighted by atomic mass is 10.2. The minimum Gasteiger partial charge on any atom is -0.489 e. The molecule has 0 radical (unpaired) electrons. The van der Waals surface area contributed by atoms with Gasteiger partial charge in [0.2, 0.25) is 0 Å². The Morgan fingerprint density at radius 2 is 1.92 bits per heavy atom. The van der Waals surface area contributed by atoms with E-state index in [2.05, 4.69) is 15.3 Å². The van der Waals surface area contributed by atoms with Crippen molar-refractivity contribution in [3.05, 3.63) is 53.2 Å². The van der Waals surface area contributed by atoms with Gasteiger partial charge < -0.3 is 14.8 Å². The molecule has 0 spiro atoms. The van der Waals surface area contributed by atoms with Crippen LogP contribution in [0, 0.1) is 0 Å². The summed E-state index contributed by atoms with van der Waals surface area (Å²) in [5.74, 6) is 2.04. The van der Waals surface area contributed by atoms with E-state index in [4.69, 9.17) is 21.1 Å². The fraction of sp³-hybridized carbons (Fsp3) is 0.222. The van der Waals surface area contributed by atoms with Gasteiger partial charge >= 0.3 is 0 Å². The first-order valence-corrected chi connectivity index (χ1v) is 8.21. The van der Waals surface area contributed by atoms with Gasteiger partial charge in [0.25, 0.3) is 0 Å². The summed E-state index contributed by atoms with van der Waals surface area (Å²) in [4.78, 5) is 8.95. The number of benzene rings is 2. The number of hydrogen-bond donors (Lipinski definition) is 1. The number of anilines is 1. The van der Waals surface area contributed by atoms with E-state index in [1.165, 1.54) is 0 Å². The van der Waals surface area contributed by atoms with Gasteiger partial charge in [-0.25, -0.2) is 4.98 Å². The van der Waals surface area contributed by atoms with Crippen LogP contribution in [-0.2, 0) is 6.54 Å². The highest BCUT2D eigenvalue weighted by Crippen LogP contribution is 2.38. The van der Waals surface area contributed by atoms with Crippen LogP contribution in [0.5, 0.6) is 11.5 Å². The van der Waals surface area contributed by atoms with Crippen LogP contribution in [0.1, 0.15) is 12.0 Å². The fourth-order valence-corrected chi connectivity index (χ4v) is 2.91. The molecule has 0 amide bonds. The van der Waals surface area contributed by atoms with Gasteiger partial charge in [-0.1, -0.05) is 23.7 Å². The van der Waals surface area contributed by atoms with Crippen LogP contribution in [0.15, 0.2) is 42.6 Å². The molecule has 2 heterocycles. The molecule has 3 aromatic rings. The van der Waals surface area contributed by atoms with E-state index in [0.717, 1.165) is 28.8 Å². The second-order valence-corrected chi connectivity index (χ2v) is 5.96. The zero-order chi connectivity index (χ0) is 16.4. The predicted octanol–water partition coefficient (Wildman–Crippen LogP) is 4.06. The molecule has 1 N–H and O–H groups in total. The maximum atomic E-state index is 6.32. The Bertz CT molecular complexity index is 885. The molecule has 1 aliphatic heterocycles. The van der Waals surface area contributed by atoms with Crippen molar-refractivity contribution in [1.82, 2.24) is 9.97 Å². The van der Waals surface area contributed by atoms with Crippen LogP contribution in [0.4, 0.5) is 5.82 Å². The third-order valence-electron chi connectivity index (χ3n) is 3.78. The molecule has 1 aromatic heterocycles. The Hall–Kier alpha value is -2.53. The molecule has 0 saturated heterocycles. The second kappa shape index (κ2) is 6.53.